The molecule has 2 atom stereocenters. The summed E-state index contributed by atoms with van der Waals surface area (Å²) in [5.74, 6) is 0. The normalized spacial score (nSPS) is 25.8. The largest absolute Gasteiger partial charge is 0.381 e. The Labute approximate surface area is 97.0 Å². The van der Waals surface area contributed by atoms with Crippen molar-refractivity contribution in [1.82, 2.24) is 15.1 Å². The van der Waals surface area contributed by atoms with Crippen molar-refractivity contribution in [3.05, 3.63) is 18.5 Å². The van der Waals surface area contributed by atoms with E-state index in [9.17, 15) is 0 Å². The Morgan fingerprint density at radius 3 is 3.19 bits per heavy atom. The van der Waals surface area contributed by atoms with Gasteiger partial charge in [-0.1, -0.05) is 0 Å². The van der Waals surface area contributed by atoms with Crippen molar-refractivity contribution in [2.45, 2.75) is 44.4 Å². The fraction of sp³-hybridized carbons (Fsp3) is 0.750. The Hall–Kier alpha value is -0.870. The van der Waals surface area contributed by atoms with Crippen molar-refractivity contribution in [3.8, 4) is 0 Å². The van der Waals surface area contributed by atoms with Gasteiger partial charge in [0.25, 0.3) is 0 Å². The van der Waals surface area contributed by atoms with E-state index in [0.717, 1.165) is 19.5 Å². The van der Waals surface area contributed by atoms with Crippen LogP contribution >= 0.6 is 0 Å². The van der Waals surface area contributed by atoms with E-state index in [-0.39, 0.29) is 0 Å². The molecule has 1 aliphatic rings. The van der Waals surface area contributed by atoms with Gasteiger partial charge in [-0.3, -0.25) is 4.68 Å². The fourth-order valence-electron chi connectivity index (χ4n) is 2.36. The van der Waals surface area contributed by atoms with E-state index in [0.29, 0.717) is 12.1 Å². The van der Waals surface area contributed by atoms with E-state index < -0.39 is 0 Å². The first kappa shape index (κ1) is 11.6. The molecule has 1 fully saturated rings. The third-order valence-corrected chi connectivity index (χ3v) is 3.29. The van der Waals surface area contributed by atoms with Crippen LogP contribution in [0, 0.1) is 0 Å². The summed E-state index contributed by atoms with van der Waals surface area (Å²) in [5, 5.41) is 7.77. The second kappa shape index (κ2) is 6.01. The summed E-state index contributed by atoms with van der Waals surface area (Å²) < 4.78 is 7.38. The second-order valence-corrected chi connectivity index (χ2v) is 4.44. The lowest BCUT2D eigenvalue weighted by atomic mass is 9.93. The molecule has 1 N–H and O–H groups in total. The molecule has 1 heterocycles. The molecule has 16 heavy (non-hydrogen) atoms. The molecule has 0 spiro atoms. The van der Waals surface area contributed by atoms with Crippen molar-refractivity contribution in [2.24, 2.45) is 0 Å². The van der Waals surface area contributed by atoms with Crippen LogP contribution in [0.25, 0.3) is 0 Å². The number of aromatic nitrogens is 2. The molecular formula is C12H21N3O. The molecule has 0 radical (unpaired) electrons. The Bertz CT molecular complexity index is 286. The molecule has 1 aliphatic carbocycles. The highest BCUT2D eigenvalue weighted by atomic mass is 16.5. The number of ether oxygens (including phenoxy) is 1. The number of methoxy groups -OCH3 is 1. The lowest BCUT2D eigenvalue weighted by Crippen LogP contribution is -2.38. The minimum absolute atomic E-state index is 0.455. The first-order chi connectivity index (χ1) is 7.88. The maximum Gasteiger partial charge on any atom is 0.0586 e. The van der Waals surface area contributed by atoms with Crippen LogP contribution < -0.4 is 5.32 Å². The summed E-state index contributed by atoms with van der Waals surface area (Å²) in [6.07, 6.45) is 9.19. The third-order valence-electron chi connectivity index (χ3n) is 3.29. The standard InChI is InChI=1S/C12H21N3O/c1-16-12-5-2-4-11(10-12)13-7-9-15-8-3-6-14-15/h3,6,8,11-13H,2,4-5,7,9-10H2,1H3. The summed E-state index contributed by atoms with van der Waals surface area (Å²) in [4.78, 5) is 0. The van der Waals surface area contributed by atoms with E-state index in [2.05, 4.69) is 10.4 Å². The molecule has 90 valence electrons. The summed E-state index contributed by atoms with van der Waals surface area (Å²) >= 11 is 0. The quantitative estimate of drug-likeness (QED) is 0.820. The Kier molecular flexibility index (Phi) is 4.36. The smallest absolute Gasteiger partial charge is 0.0586 e. The number of nitrogens with zero attached hydrogens (tertiary/aromatic N) is 2. The Morgan fingerprint density at radius 2 is 2.44 bits per heavy atom. The zero-order chi connectivity index (χ0) is 11.2. The average molecular weight is 223 g/mol. The predicted molar refractivity (Wildman–Crippen MR) is 63.3 cm³/mol. The molecule has 4 nitrogen and oxygen atoms in total. The summed E-state index contributed by atoms with van der Waals surface area (Å²) in [5.41, 5.74) is 0. The summed E-state index contributed by atoms with van der Waals surface area (Å²) in [6, 6.07) is 2.58. The molecule has 4 heteroatoms. The van der Waals surface area contributed by atoms with Crippen LogP contribution in [0.4, 0.5) is 0 Å². The van der Waals surface area contributed by atoms with Crippen molar-refractivity contribution in [2.75, 3.05) is 13.7 Å². The van der Waals surface area contributed by atoms with Gasteiger partial charge in [0.2, 0.25) is 0 Å². The first-order valence-corrected chi connectivity index (χ1v) is 6.12. The molecule has 1 aromatic rings. The molecule has 0 aromatic carbocycles. The predicted octanol–water partition coefficient (Wildman–Crippen LogP) is 1.43. The monoisotopic (exact) mass is 223 g/mol. The van der Waals surface area contributed by atoms with Gasteiger partial charge in [-0.2, -0.15) is 5.10 Å². The number of rotatable bonds is 5. The highest BCUT2D eigenvalue weighted by Gasteiger charge is 2.20. The molecule has 0 bridgehead atoms. The molecule has 1 saturated carbocycles. The van der Waals surface area contributed by atoms with Gasteiger partial charge in [-0.15, -0.1) is 0 Å². The van der Waals surface area contributed by atoms with Crippen LogP contribution in [0.3, 0.4) is 0 Å². The van der Waals surface area contributed by atoms with Gasteiger partial charge in [0.15, 0.2) is 0 Å². The van der Waals surface area contributed by atoms with E-state index >= 15 is 0 Å². The van der Waals surface area contributed by atoms with Gasteiger partial charge in [-0.25, -0.2) is 0 Å². The van der Waals surface area contributed by atoms with Crippen LogP contribution in [0.2, 0.25) is 0 Å². The SMILES string of the molecule is COC1CCCC(NCCn2cccn2)C1. The molecular weight excluding hydrogens is 202 g/mol. The van der Waals surface area contributed by atoms with Gasteiger partial charge in [-0.05, 0) is 31.7 Å². The van der Waals surface area contributed by atoms with Crippen LogP contribution in [0.5, 0.6) is 0 Å². The fourth-order valence-corrected chi connectivity index (χ4v) is 2.36. The Morgan fingerprint density at radius 1 is 1.50 bits per heavy atom. The van der Waals surface area contributed by atoms with Crippen molar-refractivity contribution in [1.29, 1.82) is 0 Å². The molecule has 1 aromatic heterocycles. The van der Waals surface area contributed by atoms with Crippen molar-refractivity contribution >= 4 is 0 Å². The summed E-state index contributed by atoms with van der Waals surface area (Å²) in [6.45, 7) is 1.93. The third kappa shape index (κ3) is 3.32. The molecule has 0 amide bonds. The van der Waals surface area contributed by atoms with Crippen LogP contribution in [-0.4, -0.2) is 35.6 Å². The maximum absolute atomic E-state index is 5.42. The number of nitrogens with one attached hydrogen (secondary N) is 1. The van der Waals surface area contributed by atoms with Gasteiger partial charge in [0.1, 0.15) is 0 Å². The minimum atomic E-state index is 0.455. The highest BCUT2D eigenvalue weighted by Crippen LogP contribution is 2.20. The van der Waals surface area contributed by atoms with Crippen molar-refractivity contribution in [3.63, 3.8) is 0 Å². The molecule has 0 saturated heterocycles. The van der Waals surface area contributed by atoms with Crippen LogP contribution in [0.1, 0.15) is 25.7 Å². The van der Waals surface area contributed by atoms with Crippen molar-refractivity contribution < 1.29 is 4.74 Å². The van der Waals surface area contributed by atoms with E-state index in [1.54, 1.807) is 0 Å². The van der Waals surface area contributed by atoms with Gasteiger partial charge < -0.3 is 10.1 Å². The lowest BCUT2D eigenvalue weighted by Gasteiger charge is -2.28. The van der Waals surface area contributed by atoms with Gasteiger partial charge >= 0.3 is 0 Å². The molecule has 2 unspecified atom stereocenters. The number of hydrogen-bond acceptors (Lipinski definition) is 3. The van der Waals surface area contributed by atoms with E-state index in [1.807, 2.05) is 30.3 Å². The first-order valence-electron chi connectivity index (χ1n) is 6.12. The summed E-state index contributed by atoms with van der Waals surface area (Å²) in [7, 11) is 1.82. The average Bonchev–Trinajstić information content (AvgIpc) is 2.82. The maximum atomic E-state index is 5.42. The van der Waals surface area contributed by atoms with E-state index in [4.69, 9.17) is 4.74 Å². The second-order valence-electron chi connectivity index (χ2n) is 4.44. The molecule has 2 rings (SSSR count). The van der Waals surface area contributed by atoms with E-state index in [1.165, 1.54) is 19.3 Å². The highest BCUT2D eigenvalue weighted by molar-refractivity contribution is 4.80. The number of hydrogen-bond donors (Lipinski definition) is 1. The minimum Gasteiger partial charge on any atom is -0.381 e. The zero-order valence-electron chi connectivity index (χ0n) is 9.93. The topological polar surface area (TPSA) is 39.1 Å². The zero-order valence-corrected chi connectivity index (χ0v) is 9.93. The van der Waals surface area contributed by atoms with Gasteiger partial charge in [0, 0.05) is 32.1 Å². The molecule has 0 aliphatic heterocycles. The van der Waals surface area contributed by atoms with Crippen LogP contribution in [0.15, 0.2) is 18.5 Å². The van der Waals surface area contributed by atoms with Crippen LogP contribution in [-0.2, 0) is 11.3 Å². The Balaban J connectivity index is 1.65. The van der Waals surface area contributed by atoms with Gasteiger partial charge in [0.05, 0.1) is 12.6 Å². The lowest BCUT2D eigenvalue weighted by molar-refractivity contribution is 0.0588.